The second kappa shape index (κ2) is 5.22. The third-order valence-electron chi connectivity index (χ3n) is 1.37. The number of hydrogen-bond acceptors (Lipinski definition) is 0. The summed E-state index contributed by atoms with van der Waals surface area (Å²) in [5.41, 5.74) is 0. The van der Waals surface area contributed by atoms with Crippen molar-refractivity contribution >= 4 is 44.0 Å². The van der Waals surface area contributed by atoms with E-state index in [9.17, 15) is 0 Å². The molecule has 0 bridgehead atoms. The molecule has 1 aromatic carbocycles. The molecule has 0 atom stereocenters. The molecule has 0 N–H and O–H groups in total. The molecule has 60 valence electrons. The summed E-state index contributed by atoms with van der Waals surface area (Å²) in [6.07, 6.45) is 0. The Morgan fingerprint density at radius 1 is 1.36 bits per heavy atom. The van der Waals surface area contributed by atoms with E-state index in [4.69, 9.17) is 0 Å². The van der Waals surface area contributed by atoms with Gasteiger partial charge in [0, 0.05) is 0 Å². The van der Waals surface area contributed by atoms with Crippen LogP contribution in [0.15, 0.2) is 24.3 Å². The van der Waals surface area contributed by atoms with Crippen molar-refractivity contribution in [3.05, 3.63) is 24.3 Å². The predicted molar refractivity (Wildman–Crippen MR) is 53.6 cm³/mol. The van der Waals surface area contributed by atoms with E-state index in [0.717, 1.165) is 0 Å². The van der Waals surface area contributed by atoms with Crippen molar-refractivity contribution in [1.82, 2.24) is 0 Å². The average Bonchev–Trinajstić information content (AvgIpc) is 2.06. The summed E-state index contributed by atoms with van der Waals surface area (Å²) in [5, 5.41) is 0. The number of rotatable bonds is 3. The molecule has 0 fully saturated rings. The Morgan fingerprint density at radius 3 is 2.73 bits per heavy atom. The third-order valence-corrected chi connectivity index (χ3v) is 6.67. The quantitative estimate of drug-likeness (QED) is 0.722. The average molecular weight is 327 g/mol. The first kappa shape index (κ1) is 9.62. The molecule has 0 saturated heterocycles. The van der Waals surface area contributed by atoms with Crippen molar-refractivity contribution in [3.63, 3.8) is 0 Å². The maximum absolute atomic E-state index is 2.31. The SMILES string of the molecule is CC[Te]c1ccccc1[Se]C. The topological polar surface area (TPSA) is 0 Å². The van der Waals surface area contributed by atoms with Crippen LogP contribution in [0.4, 0.5) is 0 Å². The fraction of sp³-hybridized carbons (Fsp3) is 0.333. The normalized spacial score (nSPS) is 10.0. The summed E-state index contributed by atoms with van der Waals surface area (Å²) in [6.45, 7) is 2.29. The van der Waals surface area contributed by atoms with Gasteiger partial charge in [0.15, 0.2) is 0 Å². The van der Waals surface area contributed by atoms with Gasteiger partial charge in [0.05, 0.1) is 0 Å². The molecule has 0 saturated carbocycles. The molecule has 1 rings (SSSR count). The van der Waals surface area contributed by atoms with E-state index in [1.807, 2.05) is 0 Å². The molecular weight excluding hydrogens is 315 g/mol. The fourth-order valence-electron chi connectivity index (χ4n) is 0.894. The summed E-state index contributed by atoms with van der Waals surface area (Å²) in [4.78, 5) is 0. The minimum atomic E-state index is 0.149. The molecule has 0 unspecified atom stereocenters. The molecule has 2 heteroatoms. The Balaban J connectivity index is 2.83. The van der Waals surface area contributed by atoms with Gasteiger partial charge in [0.2, 0.25) is 0 Å². The van der Waals surface area contributed by atoms with Crippen LogP contribution < -0.4 is 8.07 Å². The van der Waals surface area contributed by atoms with Gasteiger partial charge in [0.1, 0.15) is 0 Å². The summed E-state index contributed by atoms with van der Waals surface area (Å²) in [5.74, 6) is 2.30. The molecule has 11 heavy (non-hydrogen) atoms. The van der Waals surface area contributed by atoms with Crippen LogP contribution in [0.5, 0.6) is 0 Å². The van der Waals surface area contributed by atoms with Crippen LogP contribution in [-0.4, -0.2) is 35.9 Å². The molecule has 0 spiro atoms. The van der Waals surface area contributed by atoms with Crippen molar-refractivity contribution in [3.8, 4) is 0 Å². The van der Waals surface area contributed by atoms with Crippen LogP contribution in [0, 0.1) is 0 Å². The number of hydrogen-bond donors (Lipinski definition) is 0. The Kier molecular flexibility index (Phi) is 4.57. The Labute approximate surface area is 85.0 Å². The fourth-order valence-corrected chi connectivity index (χ4v) is 5.96. The van der Waals surface area contributed by atoms with Gasteiger partial charge in [-0.15, -0.1) is 0 Å². The van der Waals surface area contributed by atoms with E-state index in [1.165, 1.54) is 4.47 Å². The summed E-state index contributed by atoms with van der Waals surface area (Å²) in [6, 6.07) is 8.93. The van der Waals surface area contributed by atoms with Crippen molar-refractivity contribution in [2.45, 2.75) is 17.2 Å². The third kappa shape index (κ3) is 2.80. The van der Waals surface area contributed by atoms with E-state index < -0.39 is 0 Å². The van der Waals surface area contributed by atoms with Gasteiger partial charge < -0.3 is 0 Å². The van der Waals surface area contributed by atoms with Crippen molar-refractivity contribution in [2.75, 3.05) is 0 Å². The zero-order chi connectivity index (χ0) is 8.10. The van der Waals surface area contributed by atoms with E-state index in [-0.39, 0.29) is 20.9 Å². The first-order chi connectivity index (χ1) is 5.38. The van der Waals surface area contributed by atoms with Crippen molar-refractivity contribution in [2.24, 2.45) is 0 Å². The second-order valence-corrected chi connectivity index (χ2v) is 7.59. The van der Waals surface area contributed by atoms with Crippen LogP contribution in [0.2, 0.25) is 10.3 Å². The van der Waals surface area contributed by atoms with Gasteiger partial charge >= 0.3 is 85.4 Å². The van der Waals surface area contributed by atoms with Crippen LogP contribution >= 0.6 is 0 Å². The standard InChI is InChI=1S/C9H12SeTe/c1-3-11-9-7-5-4-6-8(9)10-2/h4-7H,3H2,1-2H3. The summed E-state index contributed by atoms with van der Waals surface area (Å²) in [7, 11) is 0. The van der Waals surface area contributed by atoms with Gasteiger partial charge in [-0.3, -0.25) is 0 Å². The van der Waals surface area contributed by atoms with E-state index >= 15 is 0 Å². The van der Waals surface area contributed by atoms with Crippen LogP contribution in [0.25, 0.3) is 0 Å². The van der Waals surface area contributed by atoms with E-state index in [1.54, 1.807) is 8.07 Å². The Hall–Kier alpha value is 0.529. The molecule has 0 aliphatic rings. The van der Waals surface area contributed by atoms with Gasteiger partial charge in [-0.05, 0) is 0 Å². The predicted octanol–water partition coefficient (Wildman–Crippen LogP) is 0.832. The zero-order valence-corrected chi connectivity index (χ0v) is 10.9. The van der Waals surface area contributed by atoms with Gasteiger partial charge in [-0.25, -0.2) is 0 Å². The van der Waals surface area contributed by atoms with E-state index in [0.29, 0.717) is 15.0 Å². The van der Waals surface area contributed by atoms with Gasteiger partial charge in [-0.1, -0.05) is 0 Å². The molecule has 0 aromatic heterocycles. The second-order valence-electron chi connectivity index (χ2n) is 2.08. The number of benzene rings is 1. The van der Waals surface area contributed by atoms with E-state index in [2.05, 4.69) is 37.0 Å². The molecule has 0 radical (unpaired) electrons. The monoisotopic (exact) mass is 330 g/mol. The molecule has 0 aliphatic carbocycles. The molecule has 0 nitrogen and oxygen atoms in total. The van der Waals surface area contributed by atoms with Crippen LogP contribution in [-0.2, 0) is 0 Å². The van der Waals surface area contributed by atoms with Crippen LogP contribution in [0.3, 0.4) is 0 Å². The van der Waals surface area contributed by atoms with Crippen molar-refractivity contribution in [1.29, 1.82) is 0 Å². The van der Waals surface area contributed by atoms with Crippen molar-refractivity contribution < 1.29 is 0 Å². The molecule has 0 heterocycles. The zero-order valence-electron chi connectivity index (χ0n) is 6.83. The van der Waals surface area contributed by atoms with Gasteiger partial charge in [0.25, 0.3) is 0 Å². The molecular formula is C9H12SeTe. The first-order valence-electron chi connectivity index (χ1n) is 3.64. The Morgan fingerprint density at radius 2 is 2.09 bits per heavy atom. The minimum absolute atomic E-state index is 0.149. The Bertz CT molecular complexity index is 223. The first-order valence-corrected chi connectivity index (χ1v) is 9.02. The summed E-state index contributed by atoms with van der Waals surface area (Å²) >= 11 is 0.840. The van der Waals surface area contributed by atoms with Crippen LogP contribution in [0.1, 0.15) is 6.92 Å². The maximum atomic E-state index is 2.31. The molecule has 0 aliphatic heterocycles. The molecule has 1 aromatic rings. The summed E-state index contributed by atoms with van der Waals surface area (Å²) < 4.78 is 4.70. The molecule has 0 amide bonds. The van der Waals surface area contributed by atoms with Gasteiger partial charge in [-0.2, -0.15) is 0 Å².